The van der Waals surface area contributed by atoms with Gasteiger partial charge in [-0.05, 0) is 31.4 Å². The van der Waals surface area contributed by atoms with Crippen LogP contribution in [0.15, 0.2) is 30.5 Å². The highest BCUT2D eigenvalue weighted by Crippen LogP contribution is 2.22. The number of carbonyl (C=O) groups excluding carboxylic acids is 1. The van der Waals surface area contributed by atoms with Crippen molar-refractivity contribution in [2.75, 3.05) is 6.54 Å². The molecule has 3 N–H and O–H groups in total. The Bertz CT molecular complexity index is 601. The van der Waals surface area contributed by atoms with Crippen LogP contribution in [0, 0.1) is 0 Å². The van der Waals surface area contributed by atoms with Crippen molar-refractivity contribution in [3.8, 4) is 0 Å². The third-order valence-corrected chi connectivity index (χ3v) is 3.61. The maximum atomic E-state index is 12.3. The summed E-state index contributed by atoms with van der Waals surface area (Å²) in [5, 5.41) is 4.10. The second-order valence-electron chi connectivity index (χ2n) is 5.66. The molecule has 1 atom stereocenters. The van der Waals surface area contributed by atoms with Crippen molar-refractivity contribution in [3.05, 3.63) is 36.0 Å². The second kappa shape index (κ2) is 7.27. The smallest absolute Gasteiger partial charge is 0.326 e. The van der Waals surface area contributed by atoms with E-state index in [0.29, 0.717) is 0 Å². The number of para-hydroxylation sites is 1. The molecule has 21 heavy (non-hydrogen) atoms. The zero-order valence-corrected chi connectivity index (χ0v) is 12.9. The molecule has 0 fully saturated rings. The van der Waals surface area contributed by atoms with Crippen LogP contribution in [-0.4, -0.2) is 23.2 Å². The number of nitrogens with zero attached hydrogens (tertiary/aromatic N) is 1. The summed E-state index contributed by atoms with van der Waals surface area (Å²) < 4.78 is 1.71. The molecule has 0 aliphatic carbocycles. The minimum atomic E-state index is -0.0572. The number of fused-ring (bicyclic) bond motifs is 1. The number of carbonyl (C=O) groups is 1. The van der Waals surface area contributed by atoms with E-state index in [1.165, 1.54) is 0 Å². The first-order chi connectivity index (χ1) is 10.1. The Morgan fingerprint density at radius 2 is 2.10 bits per heavy atom. The van der Waals surface area contributed by atoms with E-state index in [0.717, 1.165) is 48.7 Å². The molecule has 2 aromatic rings. The fourth-order valence-corrected chi connectivity index (χ4v) is 2.58. The van der Waals surface area contributed by atoms with Gasteiger partial charge in [-0.25, -0.2) is 4.79 Å². The molecule has 4 nitrogen and oxygen atoms in total. The Kier molecular flexibility index (Phi) is 5.39. The van der Waals surface area contributed by atoms with Crippen molar-refractivity contribution >= 4 is 16.9 Å². The van der Waals surface area contributed by atoms with Gasteiger partial charge in [-0.2, -0.15) is 0 Å². The maximum absolute atomic E-state index is 12.3. The lowest BCUT2D eigenvalue weighted by Gasteiger charge is -2.06. The summed E-state index contributed by atoms with van der Waals surface area (Å²) in [5.74, 6) is 0. The normalized spacial score (nSPS) is 12.5. The third-order valence-electron chi connectivity index (χ3n) is 3.61. The molecule has 0 aliphatic rings. The summed E-state index contributed by atoms with van der Waals surface area (Å²) in [6, 6.07) is 8.00. The minimum absolute atomic E-state index is 0.0572. The Balaban J connectivity index is 2.20. The van der Waals surface area contributed by atoms with Crippen LogP contribution in [0.5, 0.6) is 0 Å². The van der Waals surface area contributed by atoms with Crippen molar-refractivity contribution in [2.45, 2.75) is 45.6 Å². The zero-order chi connectivity index (χ0) is 15.2. The summed E-state index contributed by atoms with van der Waals surface area (Å²) in [6.07, 6.45) is 6.01. The highest BCUT2D eigenvalue weighted by Gasteiger charge is 2.13. The van der Waals surface area contributed by atoms with Crippen LogP contribution in [0.1, 0.15) is 38.7 Å². The zero-order valence-electron chi connectivity index (χ0n) is 12.9. The largest absolute Gasteiger partial charge is 0.337 e. The molecule has 1 amide bonds. The molecule has 0 aliphatic heterocycles. The predicted octanol–water partition coefficient (Wildman–Crippen LogP) is 3.28. The summed E-state index contributed by atoms with van der Waals surface area (Å²) in [4.78, 5) is 12.3. The number of hydrogen-bond donors (Lipinski definition) is 2. The molecule has 4 heteroatoms. The van der Waals surface area contributed by atoms with Gasteiger partial charge in [0.25, 0.3) is 0 Å². The first-order valence-electron chi connectivity index (χ1n) is 7.76. The van der Waals surface area contributed by atoms with Crippen LogP contribution in [0.3, 0.4) is 0 Å². The molecule has 0 saturated heterocycles. The van der Waals surface area contributed by atoms with Gasteiger partial charge in [0.15, 0.2) is 0 Å². The van der Waals surface area contributed by atoms with Gasteiger partial charge in [-0.1, -0.05) is 38.0 Å². The minimum Gasteiger partial charge on any atom is -0.337 e. The molecule has 2 rings (SSSR count). The van der Waals surface area contributed by atoms with Gasteiger partial charge in [-0.3, -0.25) is 4.57 Å². The molecule has 0 saturated carbocycles. The molecular weight excluding hydrogens is 262 g/mol. The summed E-state index contributed by atoms with van der Waals surface area (Å²) in [7, 11) is 0. The number of benzene rings is 1. The Labute approximate surface area is 126 Å². The molecule has 0 radical (unpaired) electrons. The van der Waals surface area contributed by atoms with Gasteiger partial charge in [0.2, 0.25) is 0 Å². The summed E-state index contributed by atoms with van der Waals surface area (Å²) in [6.45, 7) is 4.86. The average Bonchev–Trinajstić information content (AvgIpc) is 2.82. The summed E-state index contributed by atoms with van der Waals surface area (Å²) in [5.41, 5.74) is 7.98. The lowest BCUT2D eigenvalue weighted by atomic mass is 10.1. The molecule has 0 bridgehead atoms. The van der Waals surface area contributed by atoms with Gasteiger partial charge >= 0.3 is 6.03 Å². The fraction of sp³-hybridized carbons (Fsp3) is 0.471. The van der Waals surface area contributed by atoms with E-state index >= 15 is 0 Å². The van der Waals surface area contributed by atoms with E-state index in [1.54, 1.807) is 4.57 Å². The Hall–Kier alpha value is -1.81. The number of hydrogen-bond acceptors (Lipinski definition) is 2. The van der Waals surface area contributed by atoms with E-state index in [-0.39, 0.29) is 12.1 Å². The lowest BCUT2D eigenvalue weighted by Crippen LogP contribution is -2.28. The van der Waals surface area contributed by atoms with E-state index in [4.69, 9.17) is 5.73 Å². The van der Waals surface area contributed by atoms with E-state index < -0.39 is 0 Å². The van der Waals surface area contributed by atoms with Crippen LogP contribution in [0.25, 0.3) is 10.9 Å². The number of nitrogens with one attached hydrogen (secondary N) is 1. The van der Waals surface area contributed by atoms with E-state index in [9.17, 15) is 4.79 Å². The number of rotatable bonds is 6. The van der Waals surface area contributed by atoms with Crippen molar-refractivity contribution in [3.63, 3.8) is 0 Å². The first-order valence-corrected chi connectivity index (χ1v) is 7.76. The summed E-state index contributed by atoms with van der Waals surface area (Å²) >= 11 is 0. The quantitative estimate of drug-likeness (QED) is 0.801. The van der Waals surface area contributed by atoms with Crippen molar-refractivity contribution in [2.24, 2.45) is 5.73 Å². The van der Waals surface area contributed by atoms with E-state index in [2.05, 4.69) is 12.2 Å². The maximum Gasteiger partial charge on any atom is 0.326 e. The predicted molar refractivity (Wildman–Crippen MR) is 87.6 cm³/mol. The molecule has 114 valence electrons. The molecule has 0 spiro atoms. The van der Waals surface area contributed by atoms with Gasteiger partial charge in [0.1, 0.15) is 0 Å². The SMILES string of the molecule is CCCCCNC(=O)n1cc(C[C@@H](C)N)c2ccccc21. The Morgan fingerprint density at radius 1 is 1.33 bits per heavy atom. The van der Waals surface area contributed by atoms with Crippen LogP contribution in [-0.2, 0) is 6.42 Å². The fourth-order valence-electron chi connectivity index (χ4n) is 2.58. The van der Waals surface area contributed by atoms with Gasteiger partial charge < -0.3 is 11.1 Å². The standard InChI is InChI=1S/C17H25N3O/c1-3-4-7-10-19-17(21)20-12-14(11-13(2)18)15-8-5-6-9-16(15)20/h5-6,8-9,12-13H,3-4,7,10-11,18H2,1-2H3,(H,19,21)/t13-/m1/s1. The molecule has 1 aromatic carbocycles. The number of nitrogens with two attached hydrogens (primary N) is 1. The molecular formula is C17H25N3O. The van der Waals surface area contributed by atoms with Gasteiger partial charge in [0.05, 0.1) is 5.52 Å². The number of unbranched alkanes of at least 4 members (excludes halogenated alkanes) is 2. The van der Waals surface area contributed by atoms with Crippen molar-refractivity contribution in [1.29, 1.82) is 0 Å². The van der Waals surface area contributed by atoms with Crippen LogP contribution < -0.4 is 11.1 Å². The third kappa shape index (κ3) is 3.85. The van der Waals surface area contributed by atoms with Crippen LogP contribution in [0.4, 0.5) is 4.79 Å². The topological polar surface area (TPSA) is 60.0 Å². The second-order valence-corrected chi connectivity index (χ2v) is 5.66. The number of aromatic nitrogens is 1. The Morgan fingerprint density at radius 3 is 2.81 bits per heavy atom. The molecule has 1 aromatic heterocycles. The first kappa shape index (κ1) is 15.6. The number of amides is 1. The van der Waals surface area contributed by atoms with Crippen LogP contribution >= 0.6 is 0 Å². The molecule has 0 unspecified atom stereocenters. The van der Waals surface area contributed by atoms with Crippen LogP contribution in [0.2, 0.25) is 0 Å². The highest BCUT2D eigenvalue weighted by atomic mass is 16.2. The van der Waals surface area contributed by atoms with Crippen molar-refractivity contribution < 1.29 is 4.79 Å². The van der Waals surface area contributed by atoms with Crippen molar-refractivity contribution in [1.82, 2.24) is 9.88 Å². The lowest BCUT2D eigenvalue weighted by molar-refractivity contribution is 0.243. The average molecular weight is 287 g/mol. The van der Waals surface area contributed by atoms with Gasteiger partial charge in [-0.15, -0.1) is 0 Å². The monoisotopic (exact) mass is 287 g/mol. The van der Waals surface area contributed by atoms with E-state index in [1.807, 2.05) is 37.4 Å². The molecule has 1 heterocycles. The van der Waals surface area contributed by atoms with Gasteiger partial charge in [0, 0.05) is 24.2 Å². The highest BCUT2D eigenvalue weighted by molar-refractivity contribution is 5.93.